The van der Waals surface area contributed by atoms with Gasteiger partial charge in [0.25, 0.3) is 23.3 Å². The number of rotatable bonds is 6. The molecule has 0 bridgehead atoms. The molecule has 0 spiro atoms. The van der Waals surface area contributed by atoms with Crippen LogP contribution in [0.25, 0.3) is 0 Å². The lowest BCUT2D eigenvalue weighted by atomic mass is 10.1. The smallest absolute Gasteiger partial charge is 0.418 e. The molecule has 4 aromatic carbocycles. The van der Waals surface area contributed by atoms with Crippen molar-refractivity contribution in [2.24, 2.45) is 0 Å². The van der Waals surface area contributed by atoms with E-state index >= 15 is 0 Å². The van der Waals surface area contributed by atoms with E-state index in [-0.39, 0.29) is 22.8 Å². The third-order valence-electron chi connectivity index (χ3n) is 9.42. The molecule has 0 aliphatic carbocycles. The number of nitrogens with one attached hydrogen (secondary N) is 1. The molecule has 0 saturated carbocycles. The van der Waals surface area contributed by atoms with Gasteiger partial charge in [0, 0.05) is 41.7 Å². The molecule has 2 aliphatic heterocycles. The van der Waals surface area contributed by atoms with Crippen molar-refractivity contribution in [1.29, 1.82) is 0 Å². The number of aromatic amines is 1. The molecule has 2 atom stereocenters. The molecule has 18 heteroatoms. The predicted octanol–water partition coefficient (Wildman–Crippen LogP) is 9.97. The zero-order valence-electron chi connectivity index (χ0n) is 32.3. The minimum absolute atomic E-state index is 0.123. The lowest BCUT2D eigenvalue weighted by Crippen LogP contribution is -2.49. The van der Waals surface area contributed by atoms with E-state index < -0.39 is 47.0 Å². The summed E-state index contributed by atoms with van der Waals surface area (Å²) in [5, 5.41) is 23.4. The third kappa shape index (κ3) is 8.11. The van der Waals surface area contributed by atoms with Crippen molar-refractivity contribution in [3.63, 3.8) is 0 Å². The molecule has 6 amide bonds. The number of hydrogen-bond acceptors (Lipinski definition) is 8. The first kappa shape index (κ1) is 43.7. The number of amides is 6. The van der Waals surface area contributed by atoms with Crippen LogP contribution in [0.4, 0.5) is 37.1 Å². The van der Waals surface area contributed by atoms with Gasteiger partial charge in [-0.1, -0.05) is 63.7 Å². The standard InChI is InChI=1S/C24H21Br2N3O5.C19H13Br2N3O3/c1-23(2,3)34-22(32)27-14-4-5-19(27)24(33)20(30)28(17-10-6-15(25)7-11-17)21(31)29(24)18-12-8-16(26)9-13-18;20-12-3-7-14(8-4-12)23-17(25)19(27,16-2-1-11-22-16)24(18(23)26)15-9-5-13(21)6-10-15/h4-14,33H,1-3H3;1-11,22,27H. The van der Waals surface area contributed by atoms with Gasteiger partial charge in [0.1, 0.15) is 5.60 Å². The highest BCUT2D eigenvalue weighted by molar-refractivity contribution is 9.11. The lowest BCUT2D eigenvalue weighted by Gasteiger charge is -2.31. The van der Waals surface area contributed by atoms with Gasteiger partial charge in [-0.15, -0.1) is 0 Å². The minimum Gasteiger partial charge on any atom is -0.443 e. The Morgan fingerprint density at radius 3 is 1.36 bits per heavy atom. The molecule has 2 fully saturated rings. The zero-order chi connectivity index (χ0) is 44.0. The van der Waals surface area contributed by atoms with Crippen LogP contribution in [0.2, 0.25) is 0 Å². The van der Waals surface area contributed by atoms with E-state index in [1.807, 2.05) is 0 Å². The monoisotopic (exact) mass is 1080 g/mol. The fourth-order valence-corrected chi connectivity index (χ4v) is 7.76. The van der Waals surface area contributed by atoms with E-state index in [4.69, 9.17) is 4.74 Å². The van der Waals surface area contributed by atoms with Crippen molar-refractivity contribution in [3.05, 3.63) is 163 Å². The summed E-state index contributed by atoms with van der Waals surface area (Å²) in [7, 11) is 0. The van der Waals surface area contributed by atoms with Crippen LogP contribution in [0.1, 0.15) is 32.2 Å². The van der Waals surface area contributed by atoms with Crippen molar-refractivity contribution in [3.8, 4) is 0 Å². The number of urea groups is 2. The fraction of sp³-hybridized carbons (Fsp3) is 0.140. The van der Waals surface area contributed by atoms with Crippen LogP contribution in [0, 0.1) is 0 Å². The normalized spacial score (nSPS) is 19.1. The second-order valence-corrected chi connectivity index (χ2v) is 18.3. The summed E-state index contributed by atoms with van der Waals surface area (Å²) in [6.45, 7) is 5.11. The molecule has 0 radical (unpaired) electrons. The maximum absolute atomic E-state index is 13.8. The molecule has 3 N–H and O–H groups in total. The van der Waals surface area contributed by atoms with Crippen molar-refractivity contribution in [1.82, 2.24) is 9.55 Å². The van der Waals surface area contributed by atoms with Gasteiger partial charge in [0.2, 0.25) is 0 Å². The number of imide groups is 2. The second-order valence-electron chi connectivity index (χ2n) is 14.6. The molecule has 61 heavy (non-hydrogen) atoms. The Labute approximate surface area is 382 Å². The Balaban J connectivity index is 0.000000189. The number of nitrogens with zero attached hydrogens (tertiary/aromatic N) is 5. The van der Waals surface area contributed by atoms with Crippen molar-refractivity contribution >= 4 is 116 Å². The van der Waals surface area contributed by atoms with Gasteiger partial charge in [0.15, 0.2) is 0 Å². The first-order valence-electron chi connectivity index (χ1n) is 18.3. The van der Waals surface area contributed by atoms with E-state index in [0.717, 1.165) is 42.1 Å². The van der Waals surface area contributed by atoms with Crippen LogP contribution in [0.3, 0.4) is 0 Å². The average Bonchev–Trinajstić information content (AvgIpc) is 4.01. The van der Waals surface area contributed by atoms with Gasteiger partial charge in [-0.2, -0.15) is 0 Å². The number of carbonyl (C=O) groups excluding carboxylic acids is 5. The van der Waals surface area contributed by atoms with E-state index in [0.29, 0.717) is 11.4 Å². The quantitative estimate of drug-likeness (QED) is 0.139. The number of ether oxygens (including phenoxy) is 1. The number of hydrogen-bond donors (Lipinski definition) is 3. The summed E-state index contributed by atoms with van der Waals surface area (Å²) >= 11 is 13.4. The van der Waals surface area contributed by atoms with Crippen LogP contribution in [0.5, 0.6) is 0 Å². The van der Waals surface area contributed by atoms with Gasteiger partial charge in [-0.3, -0.25) is 24.0 Å². The number of H-pyrrole nitrogens is 1. The predicted molar refractivity (Wildman–Crippen MR) is 242 cm³/mol. The highest BCUT2D eigenvalue weighted by atomic mass is 79.9. The van der Waals surface area contributed by atoms with Crippen LogP contribution in [0.15, 0.2) is 152 Å². The highest BCUT2D eigenvalue weighted by Gasteiger charge is 2.61. The van der Waals surface area contributed by atoms with Gasteiger partial charge in [0.05, 0.1) is 22.8 Å². The number of benzene rings is 4. The maximum atomic E-state index is 13.8. The Kier molecular flexibility index (Phi) is 12.1. The average molecular weight is 1080 g/mol. The summed E-state index contributed by atoms with van der Waals surface area (Å²) in [5.41, 5.74) is -4.12. The van der Waals surface area contributed by atoms with Gasteiger partial charge < -0.3 is 19.9 Å². The first-order valence-corrected chi connectivity index (χ1v) is 21.4. The number of aromatic nitrogens is 2. The first-order chi connectivity index (χ1) is 28.9. The summed E-state index contributed by atoms with van der Waals surface area (Å²) in [4.78, 5) is 73.6. The Morgan fingerprint density at radius 1 is 0.574 bits per heavy atom. The van der Waals surface area contributed by atoms with Gasteiger partial charge >= 0.3 is 18.2 Å². The molecular weight excluding hydrogens is 1050 g/mol. The minimum atomic E-state index is -2.52. The SMILES string of the molecule is CC(C)(C)OC(=O)n1cccc1C1(O)C(=O)N(c2ccc(Br)cc2)C(=O)N1c1ccc(Br)cc1.O=C1N(c2ccc(Br)cc2)C(=O)C(O)(c2ccc[nH]2)N1c1ccc(Br)cc1. The number of anilines is 4. The summed E-state index contributed by atoms with van der Waals surface area (Å²) < 4.78 is 9.62. The van der Waals surface area contributed by atoms with Crippen LogP contribution in [-0.4, -0.2) is 55.3 Å². The molecule has 2 aromatic heterocycles. The van der Waals surface area contributed by atoms with Crippen LogP contribution < -0.4 is 19.6 Å². The number of halogens is 4. The Hall–Kier alpha value is -5.37. The number of aliphatic hydroxyl groups is 2. The molecular formula is C43H34Br4N6O8. The second kappa shape index (κ2) is 16.8. The summed E-state index contributed by atoms with van der Waals surface area (Å²) in [5.74, 6) is -1.67. The topological polar surface area (TPSA) is 169 Å². The van der Waals surface area contributed by atoms with Crippen molar-refractivity contribution in [2.75, 3.05) is 19.6 Å². The molecule has 8 rings (SSSR count). The van der Waals surface area contributed by atoms with Crippen molar-refractivity contribution < 1.29 is 38.9 Å². The largest absolute Gasteiger partial charge is 0.443 e. The fourth-order valence-electron chi connectivity index (χ4n) is 6.71. The molecule has 2 aliphatic rings. The van der Waals surface area contributed by atoms with Crippen LogP contribution >= 0.6 is 63.7 Å². The van der Waals surface area contributed by atoms with E-state index in [9.17, 15) is 34.2 Å². The molecule has 312 valence electrons. The third-order valence-corrected chi connectivity index (χ3v) is 11.5. The van der Waals surface area contributed by atoms with E-state index in [1.54, 1.807) is 136 Å². The molecule has 14 nitrogen and oxygen atoms in total. The van der Waals surface area contributed by atoms with Crippen molar-refractivity contribution in [2.45, 2.75) is 37.8 Å². The zero-order valence-corrected chi connectivity index (χ0v) is 38.6. The summed E-state index contributed by atoms with van der Waals surface area (Å²) in [6.07, 6.45) is 2.17. The molecule has 6 aromatic rings. The van der Waals surface area contributed by atoms with Gasteiger partial charge in [-0.25, -0.2) is 24.2 Å². The Morgan fingerprint density at radius 2 is 0.967 bits per heavy atom. The van der Waals surface area contributed by atoms with Crippen LogP contribution in [-0.2, 0) is 25.8 Å². The maximum Gasteiger partial charge on any atom is 0.418 e. The molecule has 2 saturated heterocycles. The lowest BCUT2D eigenvalue weighted by molar-refractivity contribution is -0.134. The molecule has 4 heterocycles. The van der Waals surface area contributed by atoms with E-state index in [1.165, 1.54) is 18.3 Å². The van der Waals surface area contributed by atoms with Gasteiger partial charge in [-0.05, 0) is 142 Å². The molecule has 2 unspecified atom stereocenters. The summed E-state index contributed by atoms with van der Waals surface area (Å²) in [6, 6.07) is 31.3. The number of carbonyl (C=O) groups is 5. The Bertz CT molecular complexity index is 2630. The highest BCUT2D eigenvalue weighted by Crippen LogP contribution is 2.43. The van der Waals surface area contributed by atoms with E-state index in [2.05, 4.69) is 68.7 Å².